The Hall–Kier alpha value is -6.28. The maximum Gasteiger partial charge on any atom is 0.393 e. The molecule has 1 N–H and O–H groups in total. The number of phenolic OH excluding ortho intramolecular Hbond substituents is 1. The second-order valence-corrected chi connectivity index (χ2v) is 17.1. The summed E-state index contributed by atoms with van der Waals surface area (Å²) in [6.45, 7) is 14.8. The lowest BCUT2D eigenvalue weighted by molar-refractivity contribution is -0.127. The van der Waals surface area contributed by atoms with Crippen LogP contribution >= 0.6 is 0 Å². The molecule has 0 radical (unpaired) electrons. The van der Waals surface area contributed by atoms with Crippen molar-refractivity contribution in [3.63, 3.8) is 0 Å². The number of rotatable bonds is 8. The zero-order valence-corrected chi connectivity index (χ0v) is 34.4. The molecule has 298 valence electrons. The average Bonchev–Trinajstić information content (AvgIpc) is 3.58. The van der Waals surface area contributed by atoms with E-state index < -0.39 is 12.6 Å². The SMILES string of the molecule is CC(C)c1cccc(C(C)C)c1-n1c(-c2ccc3cccnc3c2O)nc2c(-c3cc(-c4cc(-c5ccccc5)ccn4)cc(C(C)(C)C)c3)cc(CC(F)(F)F)cc21. The standard InChI is InChI=1S/C51H47F3N4O/c1-30(2)39-16-11-17-40(31(3)4)47(39)58-44-24-32(29-51(52,53)54)23-42(46(44)57-49(58)41-19-18-34-15-12-21-56-45(34)48(41)59)36-25-37(27-38(26-36)50(5,6)7)43-28-35(20-22-55-43)33-13-9-8-10-14-33/h8-28,30-31,59H,29H2,1-7H3. The summed E-state index contributed by atoms with van der Waals surface area (Å²) in [5.41, 5.74) is 10.4. The van der Waals surface area contributed by atoms with E-state index in [0.717, 1.165) is 55.7 Å². The van der Waals surface area contributed by atoms with Gasteiger partial charge in [-0.15, -0.1) is 0 Å². The number of imidazole rings is 1. The van der Waals surface area contributed by atoms with E-state index in [1.165, 1.54) is 0 Å². The highest BCUT2D eigenvalue weighted by Crippen LogP contribution is 2.45. The van der Waals surface area contributed by atoms with Gasteiger partial charge < -0.3 is 5.11 Å². The molecule has 0 saturated carbocycles. The molecule has 0 saturated heterocycles. The fraction of sp³-hybridized carbons (Fsp3) is 0.235. The van der Waals surface area contributed by atoms with Gasteiger partial charge in [0.25, 0.3) is 0 Å². The number of alkyl halides is 3. The van der Waals surface area contributed by atoms with Crippen LogP contribution in [-0.2, 0) is 11.8 Å². The van der Waals surface area contributed by atoms with Gasteiger partial charge in [-0.1, -0.05) is 115 Å². The van der Waals surface area contributed by atoms with Crippen molar-refractivity contribution < 1.29 is 18.3 Å². The first-order valence-electron chi connectivity index (χ1n) is 20.1. The Kier molecular flexibility index (Phi) is 10.2. The number of hydrogen-bond donors (Lipinski definition) is 1. The van der Waals surface area contributed by atoms with Crippen LogP contribution < -0.4 is 0 Å². The molecule has 3 heterocycles. The Bertz CT molecular complexity index is 2820. The molecule has 0 fully saturated rings. The number of nitrogens with zero attached hydrogens (tertiary/aromatic N) is 4. The zero-order chi connectivity index (χ0) is 41.8. The van der Waals surface area contributed by atoms with E-state index in [-0.39, 0.29) is 28.6 Å². The van der Waals surface area contributed by atoms with Crippen LogP contribution in [0.25, 0.3) is 72.5 Å². The molecule has 8 heteroatoms. The maximum absolute atomic E-state index is 14.5. The van der Waals surface area contributed by atoms with E-state index in [2.05, 4.69) is 95.9 Å². The van der Waals surface area contributed by atoms with Crippen LogP contribution in [-0.4, -0.2) is 30.8 Å². The minimum Gasteiger partial charge on any atom is -0.505 e. The van der Waals surface area contributed by atoms with Crippen LogP contribution in [0.15, 0.2) is 128 Å². The van der Waals surface area contributed by atoms with Gasteiger partial charge in [0, 0.05) is 28.9 Å². The van der Waals surface area contributed by atoms with Crippen LogP contribution in [0.1, 0.15) is 82.6 Å². The number of aromatic hydroxyl groups is 1. The Labute approximate surface area is 343 Å². The second kappa shape index (κ2) is 15.1. The lowest BCUT2D eigenvalue weighted by Crippen LogP contribution is -2.13. The summed E-state index contributed by atoms with van der Waals surface area (Å²) in [5.74, 6) is 0.480. The first kappa shape index (κ1) is 39.5. The molecular formula is C51H47F3N4O. The molecular weight excluding hydrogens is 742 g/mol. The molecule has 0 unspecified atom stereocenters. The van der Waals surface area contributed by atoms with Crippen molar-refractivity contribution in [2.24, 2.45) is 0 Å². The Morgan fingerprint density at radius 3 is 2.02 bits per heavy atom. The van der Waals surface area contributed by atoms with Gasteiger partial charge in [-0.2, -0.15) is 13.2 Å². The first-order valence-corrected chi connectivity index (χ1v) is 20.1. The lowest BCUT2D eigenvalue weighted by atomic mass is 9.83. The molecule has 5 nitrogen and oxygen atoms in total. The van der Waals surface area contributed by atoms with E-state index in [0.29, 0.717) is 33.5 Å². The maximum atomic E-state index is 14.5. The lowest BCUT2D eigenvalue weighted by Gasteiger charge is -2.23. The molecule has 59 heavy (non-hydrogen) atoms. The monoisotopic (exact) mass is 788 g/mol. The highest BCUT2D eigenvalue weighted by Gasteiger charge is 2.31. The molecule has 8 aromatic rings. The zero-order valence-electron chi connectivity index (χ0n) is 34.4. The quantitative estimate of drug-likeness (QED) is 0.167. The molecule has 0 aliphatic rings. The number of para-hydroxylation sites is 1. The predicted molar refractivity (Wildman–Crippen MR) is 234 cm³/mol. The highest BCUT2D eigenvalue weighted by molar-refractivity contribution is 5.99. The molecule has 3 aromatic heterocycles. The van der Waals surface area contributed by atoms with Gasteiger partial charge >= 0.3 is 6.18 Å². The van der Waals surface area contributed by atoms with Crippen LogP contribution in [0.2, 0.25) is 0 Å². The summed E-state index contributed by atoms with van der Waals surface area (Å²) in [4.78, 5) is 14.7. The first-order chi connectivity index (χ1) is 28.1. The normalized spacial score (nSPS) is 12.3. The van der Waals surface area contributed by atoms with E-state index in [1.54, 1.807) is 24.5 Å². The van der Waals surface area contributed by atoms with Gasteiger partial charge in [-0.25, -0.2) is 4.98 Å². The van der Waals surface area contributed by atoms with Crippen LogP contribution in [0.5, 0.6) is 5.75 Å². The third-order valence-corrected chi connectivity index (χ3v) is 11.1. The van der Waals surface area contributed by atoms with Gasteiger partial charge in [0.2, 0.25) is 0 Å². The Morgan fingerprint density at radius 2 is 1.34 bits per heavy atom. The number of benzene rings is 5. The number of fused-ring (bicyclic) bond motifs is 2. The predicted octanol–water partition coefficient (Wildman–Crippen LogP) is 14.0. The number of aromatic nitrogens is 4. The largest absolute Gasteiger partial charge is 0.505 e. The van der Waals surface area contributed by atoms with Crippen molar-refractivity contribution in [1.82, 2.24) is 19.5 Å². The number of pyridine rings is 2. The minimum absolute atomic E-state index is 0.0498. The fourth-order valence-electron chi connectivity index (χ4n) is 8.04. The van der Waals surface area contributed by atoms with Gasteiger partial charge in [0.1, 0.15) is 11.3 Å². The van der Waals surface area contributed by atoms with Crippen molar-refractivity contribution in [2.75, 3.05) is 0 Å². The highest BCUT2D eigenvalue weighted by atomic mass is 19.4. The molecule has 0 aliphatic carbocycles. The summed E-state index contributed by atoms with van der Waals surface area (Å²) in [6.07, 6.45) is -2.18. The van der Waals surface area contributed by atoms with E-state index >= 15 is 0 Å². The smallest absolute Gasteiger partial charge is 0.393 e. The molecule has 5 aromatic carbocycles. The minimum atomic E-state index is -4.47. The molecule has 0 bridgehead atoms. The third-order valence-electron chi connectivity index (χ3n) is 11.1. The van der Waals surface area contributed by atoms with E-state index in [1.807, 2.05) is 65.2 Å². The van der Waals surface area contributed by atoms with Crippen LogP contribution in [0, 0.1) is 0 Å². The van der Waals surface area contributed by atoms with Gasteiger partial charge in [-0.05, 0) is 105 Å². The third kappa shape index (κ3) is 7.72. The summed E-state index contributed by atoms with van der Waals surface area (Å²) in [7, 11) is 0. The summed E-state index contributed by atoms with van der Waals surface area (Å²) >= 11 is 0. The van der Waals surface area contributed by atoms with E-state index in [4.69, 9.17) is 9.97 Å². The van der Waals surface area contributed by atoms with E-state index in [9.17, 15) is 18.3 Å². The summed E-state index contributed by atoms with van der Waals surface area (Å²) < 4.78 is 45.5. The molecule has 0 amide bonds. The topological polar surface area (TPSA) is 63.8 Å². The van der Waals surface area contributed by atoms with Crippen molar-refractivity contribution in [2.45, 2.75) is 78.3 Å². The van der Waals surface area contributed by atoms with Gasteiger partial charge in [0.05, 0.1) is 34.4 Å². The van der Waals surface area contributed by atoms with Crippen LogP contribution in [0.3, 0.4) is 0 Å². The van der Waals surface area contributed by atoms with Crippen molar-refractivity contribution in [3.8, 4) is 56.3 Å². The van der Waals surface area contributed by atoms with Crippen LogP contribution in [0.4, 0.5) is 13.2 Å². The molecule has 0 aliphatic heterocycles. The molecule has 8 rings (SSSR count). The van der Waals surface area contributed by atoms with Crippen molar-refractivity contribution in [3.05, 3.63) is 150 Å². The van der Waals surface area contributed by atoms with Crippen molar-refractivity contribution in [1.29, 1.82) is 0 Å². The second-order valence-electron chi connectivity index (χ2n) is 17.1. The number of hydrogen-bond acceptors (Lipinski definition) is 4. The molecule has 0 atom stereocenters. The fourth-order valence-corrected chi connectivity index (χ4v) is 8.04. The number of phenols is 1. The summed E-state index contributed by atoms with van der Waals surface area (Å²) in [6, 6.07) is 37.1. The van der Waals surface area contributed by atoms with Gasteiger partial charge in [0.15, 0.2) is 5.75 Å². The van der Waals surface area contributed by atoms with Crippen molar-refractivity contribution >= 4 is 21.9 Å². The Balaban J connectivity index is 1.50. The Morgan fingerprint density at radius 1 is 0.627 bits per heavy atom. The average molecular weight is 789 g/mol. The van der Waals surface area contributed by atoms with Gasteiger partial charge in [-0.3, -0.25) is 14.5 Å². The number of halogens is 3. The summed E-state index contributed by atoms with van der Waals surface area (Å²) in [5, 5.41) is 12.7. The molecule has 0 spiro atoms.